The molecule has 0 spiro atoms. The second-order valence-corrected chi connectivity index (χ2v) is 10.1. The van der Waals surface area contributed by atoms with Crippen molar-refractivity contribution in [1.29, 1.82) is 0 Å². The molecule has 3 aromatic rings. The van der Waals surface area contributed by atoms with E-state index in [4.69, 9.17) is 9.26 Å². The van der Waals surface area contributed by atoms with E-state index in [0.717, 1.165) is 16.9 Å². The Labute approximate surface area is 199 Å². The first kappa shape index (κ1) is 23.9. The number of rotatable bonds is 8. The van der Waals surface area contributed by atoms with Crippen molar-refractivity contribution in [3.63, 3.8) is 0 Å². The van der Waals surface area contributed by atoms with E-state index in [0.29, 0.717) is 31.8 Å². The van der Waals surface area contributed by atoms with E-state index >= 15 is 0 Å². The lowest BCUT2D eigenvalue weighted by atomic mass is 9.99. The number of piperidine rings is 1. The molecule has 1 aromatic heterocycles. The van der Waals surface area contributed by atoms with E-state index in [9.17, 15) is 13.2 Å². The number of benzene rings is 2. The molecule has 1 atom stereocenters. The Balaban J connectivity index is 1.34. The molecule has 34 heavy (non-hydrogen) atoms. The summed E-state index contributed by atoms with van der Waals surface area (Å²) < 4.78 is 38.1. The fourth-order valence-electron chi connectivity index (χ4n) is 3.85. The number of hydrogen-bond acceptors (Lipinski definition) is 7. The van der Waals surface area contributed by atoms with Gasteiger partial charge in [-0.25, -0.2) is 8.42 Å². The third kappa shape index (κ3) is 5.45. The van der Waals surface area contributed by atoms with Crippen LogP contribution in [0.2, 0.25) is 0 Å². The summed E-state index contributed by atoms with van der Waals surface area (Å²) in [6.07, 6.45) is 1.23. The van der Waals surface area contributed by atoms with E-state index in [2.05, 4.69) is 15.5 Å². The molecule has 2 heterocycles. The molecule has 0 aliphatic carbocycles. The highest BCUT2D eigenvalue weighted by Crippen LogP contribution is 2.24. The summed E-state index contributed by atoms with van der Waals surface area (Å²) in [4.78, 5) is 17.3. The van der Waals surface area contributed by atoms with Crippen molar-refractivity contribution >= 4 is 15.9 Å². The minimum Gasteiger partial charge on any atom is -0.494 e. The van der Waals surface area contributed by atoms with Gasteiger partial charge in [-0.3, -0.25) is 4.79 Å². The van der Waals surface area contributed by atoms with Crippen molar-refractivity contribution in [3.8, 4) is 17.1 Å². The van der Waals surface area contributed by atoms with Crippen LogP contribution in [0.25, 0.3) is 11.4 Å². The van der Waals surface area contributed by atoms with Crippen LogP contribution in [-0.4, -0.2) is 48.5 Å². The topological polar surface area (TPSA) is 115 Å². The summed E-state index contributed by atoms with van der Waals surface area (Å²) in [7, 11) is -3.64. The monoisotopic (exact) mass is 484 g/mol. The molecule has 1 N–H and O–H groups in total. The smallest absolute Gasteiger partial charge is 0.246 e. The Bertz CT molecular complexity index is 1220. The number of hydrogen-bond donors (Lipinski definition) is 1. The van der Waals surface area contributed by atoms with Gasteiger partial charge in [-0.05, 0) is 63.1 Å². The molecule has 0 bridgehead atoms. The normalized spacial score (nSPS) is 16.8. The number of nitrogens with zero attached hydrogens (tertiary/aromatic N) is 3. The largest absolute Gasteiger partial charge is 0.494 e. The van der Waals surface area contributed by atoms with Gasteiger partial charge in [0.1, 0.15) is 5.75 Å². The van der Waals surface area contributed by atoms with Crippen molar-refractivity contribution in [1.82, 2.24) is 19.8 Å². The van der Waals surface area contributed by atoms with Crippen LogP contribution in [0.15, 0.2) is 57.9 Å². The van der Waals surface area contributed by atoms with E-state index < -0.39 is 15.9 Å². The van der Waals surface area contributed by atoms with Crippen LogP contribution in [-0.2, 0) is 21.4 Å². The maximum absolute atomic E-state index is 13.0. The minimum absolute atomic E-state index is 0.0735. The van der Waals surface area contributed by atoms with Crippen LogP contribution in [0.5, 0.6) is 5.75 Å². The summed E-state index contributed by atoms with van der Waals surface area (Å²) >= 11 is 0. The summed E-state index contributed by atoms with van der Waals surface area (Å²) in [6.45, 7) is 5.02. The molecule has 10 heteroatoms. The van der Waals surface area contributed by atoms with E-state index in [1.54, 1.807) is 24.3 Å². The maximum atomic E-state index is 13.0. The molecular weight excluding hydrogens is 456 g/mol. The number of carbonyl (C=O) groups is 1. The van der Waals surface area contributed by atoms with Crippen molar-refractivity contribution < 1.29 is 22.5 Å². The number of amides is 1. The first-order valence-electron chi connectivity index (χ1n) is 11.3. The average Bonchev–Trinajstić information content (AvgIpc) is 3.33. The summed E-state index contributed by atoms with van der Waals surface area (Å²) in [6, 6.07) is 14.1. The standard InChI is InChI=1S/C24H28N4O5S/c1-3-32-20-10-8-18(9-11-20)23-26-22(33-27-23)15-25-24(29)19-5-4-14-28(16-19)34(30,31)21-12-6-17(2)7-13-21/h6-13,19H,3-5,14-16H2,1-2H3,(H,25,29). The van der Waals surface area contributed by atoms with Gasteiger partial charge in [0.05, 0.1) is 24.0 Å². The van der Waals surface area contributed by atoms with Gasteiger partial charge in [-0.2, -0.15) is 9.29 Å². The third-order valence-corrected chi connectivity index (χ3v) is 7.60. The number of ether oxygens (including phenoxy) is 1. The SMILES string of the molecule is CCOc1ccc(-c2noc(CNC(=O)C3CCCN(S(=O)(=O)c4ccc(C)cc4)C3)n2)cc1. The zero-order chi connectivity index (χ0) is 24.1. The van der Waals surface area contributed by atoms with Gasteiger partial charge < -0.3 is 14.6 Å². The van der Waals surface area contributed by atoms with E-state index in [1.807, 2.05) is 38.1 Å². The van der Waals surface area contributed by atoms with E-state index in [1.165, 1.54) is 4.31 Å². The second-order valence-electron chi connectivity index (χ2n) is 8.20. The zero-order valence-corrected chi connectivity index (χ0v) is 20.0. The lowest BCUT2D eigenvalue weighted by molar-refractivity contribution is -0.126. The van der Waals surface area contributed by atoms with Crippen molar-refractivity contribution in [2.75, 3.05) is 19.7 Å². The van der Waals surface area contributed by atoms with Crippen molar-refractivity contribution in [3.05, 3.63) is 60.0 Å². The van der Waals surface area contributed by atoms with Crippen LogP contribution in [0.1, 0.15) is 31.2 Å². The Morgan fingerprint density at radius 2 is 1.91 bits per heavy atom. The number of aromatic nitrogens is 2. The minimum atomic E-state index is -3.64. The molecular formula is C24H28N4O5S. The number of carbonyl (C=O) groups excluding carboxylic acids is 1. The lowest BCUT2D eigenvalue weighted by Crippen LogP contribution is -2.45. The Hall–Kier alpha value is -3.24. The van der Waals surface area contributed by atoms with Gasteiger partial charge in [0.15, 0.2) is 0 Å². The van der Waals surface area contributed by atoms with Crippen molar-refractivity contribution in [2.45, 2.75) is 38.1 Å². The number of nitrogens with one attached hydrogen (secondary N) is 1. The van der Waals surface area contributed by atoms with Crippen LogP contribution in [0.4, 0.5) is 0 Å². The molecule has 180 valence electrons. The number of aryl methyl sites for hydroxylation is 1. The Kier molecular flexibility index (Phi) is 7.28. The van der Waals surface area contributed by atoms with Crippen LogP contribution in [0, 0.1) is 12.8 Å². The highest BCUT2D eigenvalue weighted by molar-refractivity contribution is 7.89. The molecule has 4 rings (SSSR count). The van der Waals surface area contributed by atoms with Gasteiger partial charge in [0, 0.05) is 18.7 Å². The van der Waals surface area contributed by atoms with Crippen LogP contribution < -0.4 is 10.1 Å². The molecule has 1 unspecified atom stereocenters. The fourth-order valence-corrected chi connectivity index (χ4v) is 5.38. The molecule has 1 aliphatic rings. The van der Waals surface area contributed by atoms with Gasteiger partial charge in [-0.1, -0.05) is 22.9 Å². The predicted molar refractivity (Wildman–Crippen MR) is 125 cm³/mol. The number of sulfonamides is 1. The first-order valence-corrected chi connectivity index (χ1v) is 12.7. The summed E-state index contributed by atoms with van der Waals surface area (Å²) in [5.74, 6) is 0.776. The third-order valence-electron chi connectivity index (χ3n) is 5.72. The second kappa shape index (κ2) is 10.4. The Morgan fingerprint density at radius 3 is 2.62 bits per heavy atom. The van der Waals surface area contributed by atoms with Gasteiger partial charge in [0.2, 0.25) is 27.6 Å². The van der Waals surface area contributed by atoms with Crippen molar-refractivity contribution in [2.24, 2.45) is 5.92 Å². The summed E-state index contributed by atoms with van der Waals surface area (Å²) in [5, 5.41) is 6.77. The molecule has 2 aromatic carbocycles. The quantitative estimate of drug-likeness (QED) is 0.522. The molecule has 1 amide bonds. The van der Waals surface area contributed by atoms with Crippen LogP contribution >= 0.6 is 0 Å². The lowest BCUT2D eigenvalue weighted by Gasteiger charge is -2.31. The molecule has 1 fully saturated rings. The van der Waals surface area contributed by atoms with Gasteiger partial charge in [0.25, 0.3) is 0 Å². The average molecular weight is 485 g/mol. The predicted octanol–water partition coefficient (Wildman–Crippen LogP) is 3.16. The van der Waals surface area contributed by atoms with Crippen LogP contribution in [0.3, 0.4) is 0 Å². The highest BCUT2D eigenvalue weighted by Gasteiger charge is 2.33. The molecule has 1 aliphatic heterocycles. The fraction of sp³-hybridized carbons (Fsp3) is 0.375. The highest BCUT2D eigenvalue weighted by atomic mass is 32.2. The van der Waals surface area contributed by atoms with E-state index in [-0.39, 0.29) is 29.8 Å². The first-order chi connectivity index (χ1) is 16.4. The Morgan fingerprint density at radius 1 is 1.18 bits per heavy atom. The molecule has 0 saturated carbocycles. The van der Waals surface area contributed by atoms with Gasteiger partial charge >= 0.3 is 0 Å². The zero-order valence-electron chi connectivity index (χ0n) is 19.2. The molecule has 1 saturated heterocycles. The molecule has 0 radical (unpaired) electrons. The van der Waals surface area contributed by atoms with Gasteiger partial charge in [-0.15, -0.1) is 0 Å². The summed E-state index contributed by atoms with van der Waals surface area (Å²) in [5.41, 5.74) is 1.76. The molecule has 9 nitrogen and oxygen atoms in total. The maximum Gasteiger partial charge on any atom is 0.246 e.